The van der Waals surface area contributed by atoms with Crippen molar-refractivity contribution in [2.45, 2.75) is 39.2 Å². The molecule has 144 valence electrons. The molecular formula is C23H31NO2Si. The number of hydrogen-bond donors (Lipinski definition) is 0. The van der Waals surface area contributed by atoms with E-state index in [9.17, 15) is 0 Å². The van der Waals surface area contributed by atoms with E-state index in [2.05, 4.69) is 19.9 Å². The third-order valence-corrected chi connectivity index (χ3v) is 6.46. The van der Waals surface area contributed by atoms with Crippen LogP contribution in [0, 0.1) is 17.2 Å². The number of nitriles is 1. The quantitative estimate of drug-likeness (QED) is 0.384. The van der Waals surface area contributed by atoms with Crippen LogP contribution >= 0.6 is 0 Å². The third-order valence-electron chi connectivity index (χ3n) is 4.88. The summed E-state index contributed by atoms with van der Waals surface area (Å²) in [4.78, 5) is 0. The van der Waals surface area contributed by atoms with Crippen LogP contribution in [-0.2, 0) is 4.74 Å². The lowest BCUT2D eigenvalue weighted by molar-refractivity contribution is 0.131. The van der Waals surface area contributed by atoms with Gasteiger partial charge in [-0.15, -0.1) is 0 Å². The third kappa shape index (κ3) is 7.98. The number of ether oxygens (including phenoxy) is 2. The Balaban J connectivity index is 1.59. The van der Waals surface area contributed by atoms with Gasteiger partial charge in [-0.1, -0.05) is 63.4 Å². The zero-order valence-corrected chi connectivity index (χ0v) is 18.0. The van der Waals surface area contributed by atoms with Crippen LogP contribution in [-0.4, -0.2) is 29.0 Å². The van der Waals surface area contributed by atoms with Crippen LogP contribution in [0.2, 0.25) is 6.04 Å². The average Bonchev–Trinajstić information content (AvgIpc) is 2.73. The van der Waals surface area contributed by atoms with Crippen molar-refractivity contribution in [2.75, 3.05) is 19.4 Å². The average molecular weight is 382 g/mol. The molecule has 0 bridgehead atoms. The zero-order valence-electron chi connectivity index (χ0n) is 16.6. The van der Waals surface area contributed by atoms with Crippen molar-refractivity contribution in [1.29, 1.82) is 5.26 Å². The van der Waals surface area contributed by atoms with E-state index in [-0.39, 0.29) is 9.52 Å². The first-order chi connectivity index (χ1) is 13.2. The van der Waals surface area contributed by atoms with E-state index in [0.717, 1.165) is 29.0 Å². The number of benzene rings is 2. The summed E-state index contributed by atoms with van der Waals surface area (Å²) < 4.78 is 11.5. The van der Waals surface area contributed by atoms with Gasteiger partial charge in [-0.25, -0.2) is 0 Å². The molecule has 4 heteroatoms. The van der Waals surface area contributed by atoms with Crippen LogP contribution in [0.5, 0.6) is 5.75 Å². The molecule has 0 aliphatic rings. The zero-order chi connectivity index (χ0) is 19.3. The Bertz CT molecular complexity index is 692. The minimum atomic E-state index is -0.0680. The monoisotopic (exact) mass is 381 g/mol. The minimum Gasteiger partial charge on any atom is -0.491 e. The van der Waals surface area contributed by atoms with Gasteiger partial charge < -0.3 is 9.47 Å². The highest BCUT2D eigenvalue weighted by molar-refractivity contribution is 6.35. The van der Waals surface area contributed by atoms with Gasteiger partial charge in [0.2, 0.25) is 0 Å². The van der Waals surface area contributed by atoms with Gasteiger partial charge in [-0.2, -0.15) is 5.26 Å². The van der Waals surface area contributed by atoms with E-state index in [4.69, 9.17) is 14.7 Å². The Morgan fingerprint density at radius 2 is 1.67 bits per heavy atom. The second kappa shape index (κ2) is 12.3. The molecule has 0 saturated carbocycles. The summed E-state index contributed by atoms with van der Waals surface area (Å²) in [5, 5.41) is 8.86. The molecule has 1 unspecified atom stereocenters. The number of hydrogen-bond acceptors (Lipinski definition) is 3. The number of nitrogens with zero attached hydrogens (tertiary/aromatic N) is 1. The highest BCUT2D eigenvalue weighted by atomic mass is 28.2. The van der Waals surface area contributed by atoms with Crippen molar-refractivity contribution < 1.29 is 9.47 Å². The van der Waals surface area contributed by atoms with Crippen LogP contribution in [0.3, 0.4) is 0 Å². The molecule has 27 heavy (non-hydrogen) atoms. The predicted molar refractivity (Wildman–Crippen MR) is 115 cm³/mol. The fraction of sp³-hybridized carbons (Fsp3) is 0.435. The molecule has 0 aliphatic carbocycles. The summed E-state index contributed by atoms with van der Waals surface area (Å²) in [5.41, 5.74) is 2.89. The van der Waals surface area contributed by atoms with Gasteiger partial charge in [0.1, 0.15) is 12.4 Å². The van der Waals surface area contributed by atoms with Crippen molar-refractivity contribution in [3.63, 3.8) is 0 Å². The Morgan fingerprint density at radius 1 is 1.00 bits per heavy atom. The second-order valence-electron chi connectivity index (χ2n) is 7.04. The molecule has 0 aliphatic heterocycles. The van der Waals surface area contributed by atoms with E-state index >= 15 is 0 Å². The summed E-state index contributed by atoms with van der Waals surface area (Å²) in [6.45, 7) is 5.87. The van der Waals surface area contributed by atoms with Gasteiger partial charge in [0.05, 0.1) is 27.8 Å². The second-order valence-corrected chi connectivity index (χ2v) is 8.86. The lowest BCUT2D eigenvalue weighted by Gasteiger charge is -2.09. The van der Waals surface area contributed by atoms with Crippen molar-refractivity contribution in [3.8, 4) is 22.9 Å². The molecular weight excluding hydrogens is 350 g/mol. The molecule has 2 rings (SSSR count). The lowest BCUT2D eigenvalue weighted by atomic mass is 10.0. The van der Waals surface area contributed by atoms with Gasteiger partial charge >= 0.3 is 0 Å². The van der Waals surface area contributed by atoms with Crippen molar-refractivity contribution in [1.82, 2.24) is 0 Å². The molecule has 0 spiro atoms. The highest BCUT2D eigenvalue weighted by Gasteiger charge is 2.01. The fourth-order valence-electron chi connectivity index (χ4n) is 2.88. The Morgan fingerprint density at radius 3 is 2.30 bits per heavy atom. The van der Waals surface area contributed by atoms with E-state index in [1.807, 2.05) is 48.5 Å². The Hall–Kier alpha value is -2.09. The van der Waals surface area contributed by atoms with Gasteiger partial charge in [0, 0.05) is 6.23 Å². The van der Waals surface area contributed by atoms with E-state index in [1.165, 1.54) is 25.3 Å². The van der Waals surface area contributed by atoms with Gasteiger partial charge in [0.15, 0.2) is 0 Å². The van der Waals surface area contributed by atoms with Crippen LogP contribution in [0.1, 0.15) is 38.7 Å². The molecule has 2 aromatic carbocycles. The van der Waals surface area contributed by atoms with E-state index < -0.39 is 0 Å². The van der Waals surface area contributed by atoms with Crippen LogP contribution in [0.25, 0.3) is 11.1 Å². The summed E-state index contributed by atoms with van der Waals surface area (Å²) >= 11 is 0. The molecule has 1 atom stereocenters. The molecule has 0 amide bonds. The summed E-state index contributed by atoms with van der Waals surface area (Å²) in [5.74, 6) is 1.73. The molecule has 0 saturated heterocycles. The Labute approximate surface area is 166 Å². The molecule has 2 aromatic rings. The predicted octanol–water partition coefficient (Wildman–Crippen LogP) is 4.99. The normalized spacial score (nSPS) is 12.2. The van der Waals surface area contributed by atoms with Crippen LogP contribution < -0.4 is 4.74 Å². The largest absolute Gasteiger partial charge is 0.491 e. The lowest BCUT2D eigenvalue weighted by Crippen LogP contribution is -2.11. The maximum absolute atomic E-state index is 8.86. The van der Waals surface area contributed by atoms with Crippen LogP contribution in [0.15, 0.2) is 48.5 Å². The topological polar surface area (TPSA) is 42.2 Å². The van der Waals surface area contributed by atoms with E-state index in [0.29, 0.717) is 18.8 Å². The Kier molecular flexibility index (Phi) is 9.68. The first-order valence-electron chi connectivity index (χ1n) is 10.0. The van der Waals surface area contributed by atoms with Gasteiger partial charge in [-0.3, -0.25) is 0 Å². The smallest absolute Gasteiger partial charge is 0.119 e. The maximum atomic E-state index is 8.86. The SMILES string of the molecule is CCC(C)CCC[SiH2]COCCOc1ccc(-c2ccc(C#N)cc2)cc1. The molecule has 0 radical (unpaired) electrons. The molecule has 0 aromatic heterocycles. The maximum Gasteiger partial charge on any atom is 0.119 e. The highest BCUT2D eigenvalue weighted by Crippen LogP contribution is 2.22. The van der Waals surface area contributed by atoms with Gasteiger partial charge in [-0.05, 0) is 41.3 Å². The summed E-state index contributed by atoms with van der Waals surface area (Å²) in [7, 11) is -0.0680. The fourth-order valence-corrected chi connectivity index (χ4v) is 4.13. The van der Waals surface area contributed by atoms with Crippen molar-refractivity contribution in [3.05, 3.63) is 54.1 Å². The molecule has 0 heterocycles. The standard InChI is InChI=1S/C23H31NO2Si/c1-3-19(2)5-4-16-27-18-25-14-15-26-23-12-10-22(11-13-23)21-8-6-20(17-24)7-9-21/h6-13,19H,3-5,14-16,18,27H2,1-2H3. The molecule has 3 nitrogen and oxygen atoms in total. The molecule has 0 fully saturated rings. The van der Waals surface area contributed by atoms with Crippen molar-refractivity contribution in [2.24, 2.45) is 5.92 Å². The number of rotatable bonds is 12. The summed E-state index contributed by atoms with van der Waals surface area (Å²) in [6.07, 6.45) is 4.99. The minimum absolute atomic E-state index is 0.0680. The van der Waals surface area contributed by atoms with E-state index in [1.54, 1.807) is 0 Å². The van der Waals surface area contributed by atoms with Crippen LogP contribution in [0.4, 0.5) is 0 Å². The summed E-state index contributed by atoms with van der Waals surface area (Å²) in [6, 6.07) is 19.2. The first-order valence-corrected chi connectivity index (χ1v) is 12.0. The van der Waals surface area contributed by atoms with Crippen molar-refractivity contribution >= 4 is 9.52 Å². The first kappa shape index (κ1) is 21.2. The molecule has 0 N–H and O–H groups in total. The van der Waals surface area contributed by atoms with Gasteiger partial charge in [0.25, 0.3) is 0 Å².